The van der Waals surface area contributed by atoms with Crippen LogP contribution in [-0.4, -0.2) is 36.6 Å². The summed E-state index contributed by atoms with van der Waals surface area (Å²) >= 11 is 0. The molecule has 0 rings (SSSR count). The van der Waals surface area contributed by atoms with Crippen molar-refractivity contribution in [2.45, 2.75) is 99.8 Å². The number of unbranched alkanes of at least 4 members (excludes halogenated alkanes) is 4. The van der Waals surface area contributed by atoms with E-state index in [2.05, 4.69) is 27.7 Å². The smallest absolute Gasteiger partial charge is 0.0786 e. The molecule has 0 spiro atoms. The zero-order valence-corrected chi connectivity index (χ0v) is 17.7. The Hall–Kier alpha value is -0.570. The van der Waals surface area contributed by atoms with E-state index < -0.39 is 11.4 Å². The molecule has 0 saturated heterocycles. The molecule has 3 nitrogen and oxygen atoms in total. The second kappa shape index (κ2) is 14.7. The molecule has 0 N–H and O–H groups in total. The molecule has 0 aliphatic carbocycles. The van der Waals surface area contributed by atoms with Crippen molar-refractivity contribution in [3.8, 4) is 0 Å². The molecular formula is C21H45NO2. The lowest BCUT2D eigenvalue weighted by molar-refractivity contribution is -0.929. The van der Waals surface area contributed by atoms with Crippen LogP contribution >= 0.6 is 0 Å². The highest BCUT2D eigenvalue weighted by Gasteiger charge is 2.24. The summed E-state index contributed by atoms with van der Waals surface area (Å²) in [5.74, 6) is -1.01. The third-order valence-corrected chi connectivity index (χ3v) is 4.56. The fourth-order valence-electron chi connectivity index (χ4n) is 2.64. The molecule has 146 valence electrons. The van der Waals surface area contributed by atoms with Crippen molar-refractivity contribution < 1.29 is 14.4 Å². The summed E-state index contributed by atoms with van der Waals surface area (Å²) in [5.41, 5.74) is -0.694. The fourth-order valence-corrected chi connectivity index (χ4v) is 2.64. The summed E-state index contributed by atoms with van der Waals surface area (Å²) in [6.07, 6.45) is 11.1. The Bertz CT molecular complexity index is 257. The molecule has 0 amide bonds. The van der Waals surface area contributed by atoms with Gasteiger partial charge in [-0.05, 0) is 25.7 Å². The summed E-state index contributed by atoms with van der Waals surface area (Å²) in [7, 11) is 0. The maximum absolute atomic E-state index is 9.91. The monoisotopic (exact) mass is 343 g/mol. The summed E-state index contributed by atoms with van der Waals surface area (Å²) in [6.45, 7) is 19.8. The number of carbonyl (C=O) groups is 1. The molecule has 0 radical (unpaired) electrons. The van der Waals surface area contributed by atoms with E-state index in [-0.39, 0.29) is 0 Å². The first-order valence-electron chi connectivity index (χ1n) is 10.3. The summed E-state index contributed by atoms with van der Waals surface area (Å²) < 4.78 is 1.42. The zero-order chi connectivity index (χ0) is 19.1. The third-order valence-electron chi connectivity index (χ3n) is 4.56. The van der Waals surface area contributed by atoms with E-state index >= 15 is 0 Å². The summed E-state index contributed by atoms with van der Waals surface area (Å²) in [6, 6.07) is 0. The first-order valence-corrected chi connectivity index (χ1v) is 10.3. The van der Waals surface area contributed by atoms with E-state index in [4.69, 9.17) is 0 Å². The van der Waals surface area contributed by atoms with E-state index in [0.29, 0.717) is 0 Å². The Kier molecular flexibility index (Phi) is 15.8. The Balaban J connectivity index is 0. The number of hydrogen-bond donors (Lipinski definition) is 0. The average molecular weight is 344 g/mol. The van der Waals surface area contributed by atoms with Crippen LogP contribution in [0.5, 0.6) is 0 Å². The molecule has 0 bridgehead atoms. The van der Waals surface area contributed by atoms with Crippen LogP contribution in [-0.2, 0) is 4.79 Å². The molecule has 0 aromatic rings. The van der Waals surface area contributed by atoms with Crippen molar-refractivity contribution in [1.82, 2.24) is 0 Å². The number of nitrogens with zero attached hydrogens (tertiary/aromatic N) is 1. The quantitative estimate of drug-likeness (QED) is 0.478. The standard InChI is InChI=1S/C16H36N.C5H10O2/c1-5-9-13-17(14-10-6-2,15-11-7-3)16-12-8-4;1-5(2,3)4(6)7/h5-16H2,1-4H3;1-3H3,(H,6,7)/q+1;/p-1. The van der Waals surface area contributed by atoms with E-state index in [1.54, 1.807) is 20.8 Å². The molecule has 3 heteroatoms. The highest BCUT2D eigenvalue weighted by atomic mass is 16.4. The van der Waals surface area contributed by atoms with Gasteiger partial charge in [0.2, 0.25) is 0 Å². The summed E-state index contributed by atoms with van der Waals surface area (Å²) in [4.78, 5) is 9.91. The number of hydrogen-bond acceptors (Lipinski definition) is 2. The van der Waals surface area contributed by atoms with E-state index in [0.717, 1.165) is 0 Å². The van der Waals surface area contributed by atoms with Gasteiger partial charge in [-0.2, -0.15) is 0 Å². The zero-order valence-electron chi connectivity index (χ0n) is 17.7. The predicted molar refractivity (Wildman–Crippen MR) is 104 cm³/mol. The van der Waals surface area contributed by atoms with Crippen LogP contribution in [0.15, 0.2) is 0 Å². The molecule has 0 saturated carbocycles. The molecule has 0 aliphatic rings. The van der Waals surface area contributed by atoms with Gasteiger partial charge >= 0.3 is 0 Å². The normalized spacial score (nSPS) is 11.8. The summed E-state index contributed by atoms with van der Waals surface area (Å²) in [5, 5.41) is 9.91. The van der Waals surface area contributed by atoms with Crippen LogP contribution in [0, 0.1) is 5.41 Å². The van der Waals surface area contributed by atoms with Gasteiger partial charge in [-0.1, -0.05) is 74.1 Å². The van der Waals surface area contributed by atoms with Crippen LogP contribution < -0.4 is 5.11 Å². The van der Waals surface area contributed by atoms with Crippen LogP contribution in [0.25, 0.3) is 0 Å². The van der Waals surface area contributed by atoms with Gasteiger partial charge in [-0.3, -0.25) is 0 Å². The number of rotatable bonds is 12. The SMILES string of the molecule is CC(C)(C)C(=O)[O-].CCCC[N+](CCCC)(CCCC)CCCC. The molecule has 0 fully saturated rings. The third kappa shape index (κ3) is 13.8. The molecule has 0 aliphatic heterocycles. The van der Waals surface area contributed by atoms with Crippen LogP contribution in [0.2, 0.25) is 0 Å². The van der Waals surface area contributed by atoms with Gasteiger partial charge in [-0.15, -0.1) is 0 Å². The van der Waals surface area contributed by atoms with Crippen LogP contribution in [0.4, 0.5) is 0 Å². The molecule has 0 aromatic carbocycles. The number of aliphatic carboxylic acids is 1. The molecule has 0 atom stereocenters. The minimum atomic E-state index is -1.01. The first-order chi connectivity index (χ1) is 11.2. The lowest BCUT2D eigenvalue weighted by Gasteiger charge is -2.39. The van der Waals surface area contributed by atoms with Gasteiger partial charge in [0.25, 0.3) is 0 Å². The van der Waals surface area contributed by atoms with Crippen molar-refractivity contribution in [2.24, 2.45) is 5.41 Å². The van der Waals surface area contributed by atoms with Crippen molar-refractivity contribution in [1.29, 1.82) is 0 Å². The van der Waals surface area contributed by atoms with Crippen molar-refractivity contribution in [3.05, 3.63) is 0 Å². The molecule has 0 aromatic heterocycles. The molecule has 24 heavy (non-hydrogen) atoms. The van der Waals surface area contributed by atoms with Gasteiger partial charge in [0.05, 0.1) is 26.2 Å². The Labute approximate surface area is 152 Å². The lowest BCUT2D eigenvalue weighted by atomic mass is 9.98. The highest BCUT2D eigenvalue weighted by molar-refractivity contribution is 5.70. The van der Waals surface area contributed by atoms with Gasteiger partial charge in [0, 0.05) is 11.4 Å². The van der Waals surface area contributed by atoms with E-state index in [9.17, 15) is 9.90 Å². The van der Waals surface area contributed by atoms with Crippen molar-refractivity contribution >= 4 is 5.97 Å². The average Bonchev–Trinajstić information content (AvgIpc) is 2.53. The molecule has 0 heterocycles. The van der Waals surface area contributed by atoms with E-state index in [1.165, 1.54) is 82.0 Å². The second-order valence-corrected chi connectivity index (χ2v) is 8.19. The second-order valence-electron chi connectivity index (χ2n) is 8.19. The lowest BCUT2D eigenvalue weighted by Crippen LogP contribution is -2.50. The fraction of sp³-hybridized carbons (Fsp3) is 0.952. The number of quaternary nitrogens is 1. The predicted octanol–water partition coefficient (Wildman–Crippen LogP) is 4.79. The van der Waals surface area contributed by atoms with Gasteiger partial charge in [0.15, 0.2) is 0 Å². The highest BCUT2D eigenvalue weighted by Crippen LogP contribution is 2.16. The number of carbonyl (C=O) groups excluding carboxylic acids is 1. The number of carboxylic acid groups (broad SMARTS) is 1. The molecule has 0 unspecified atom stereocenters. The van der Waals surface area contributed by atoms with E-state index in [1.807, 2.05) is 0 Å². The maximum Gasteiger partial charge on any atom is 0.0786 e. The minimum Gasteiger partial charge on any atom is -0.550 e. The van der Waals surface area contributed by atoms with Crippen LogP contribution in [0.3, 0.4) is 0 Å². The number of carboxylic acids is 1. The van der Waals surface area contributed by atoms with Gasteiger partial charge in [-0.25, -0.2) is 0 Å². The maximum atomic E-state index is 9.91. The van der Waals surface area contributed by atoms with Crippen LogP contribution in [0.1, 0.15) is 99.8 Å². The van der Waals surface area contributed by atoms with Gasteiger partial charge < -0.3 is 14.4 Å². The first kappa shape index (κ1) is 25.7. The topological polar surface area (TPSA) is 40.1 Å². The Morgan fingerprint density at radius 3 is 1.04 bits per heavy atom. The minimum absolute atomic E-state index is 0.694. The van der Waals surface area contributed by atoms with Crippen molar-refractivity contribution in [3.63, 3.8) is 0 Å². The van der Waals surface area contributed by atoms with Gasteiger partial charge in [0.1, 0.15) is 0 Å². The largest absolute Gasteiger partial charge is 0.550 e. The Morgan fingerprint density at radius 2 is 0.917 bits per heavy atom. The Morgan fingerprint density at radius 1 is 0.708 bits per heavy atom. The van der Waals surface area contributed by atoms with Crippen molar-refractivity contribution in [2.75, 3.05) is 26.2 Å². The molecular weight excluding hydrogens is 298 g/mol.